The Hall–Kier alpha value is -3.72. The van der Waals surface area contributed by atoms with Gasteiger partial charge in [0.25, 0.3) is 0 Å². The van der Waals surface area contributed by atoms with E-state index in [9.17, 15) is 10.2 Å². The van der Waals surface area contributed by atoms with Crippen LogP contribution in [-0.2, 0) is 0 Å². The van der Waals surface area contributed by atoms with Crippen LogP contribution in [0.5, 0.6) is 0 Å². The number of hydrogen-bond acceptors (Lipinski definition) is 2. The lowest BCUT2D eigenvalue weighted by molar-refractivity contribution is 0.0414. The fourth-order valence-electron chi connectivity index (χ4n) is 4.81. The van der Waals surface area contributed by atoms with E-state index < -0.39 is 5.41 Å². The molecule has 4 aromatic carbocycles. The number of rotatable bonds is 12. The third-order valence-corrected chi connectivity index (χ3v) is 7.06. The van der Waals surface area contributed by atoms with Crippen molar-refractivity contribution in [1.82, 2.24) is 0 Å². The Morgan fingerprint density at radius 1 is 0.459 bits per heavy atom. The molecule has 0 saturated heterocycles. The van der Waals surface area contributed by atoms with Crippen LogP contribution in [0, 0.1) is 5.41 Å². The normalized spacial score (nSPS) is 11.1. The summed E-state index contributed by atoms with van der Waals surface area (Å²) in [6.45, 7) is -0.0770. The Balaban J connectivity index is 1.52. The smallest absolute Gasteiger partial charge is 0.0509 e. The van der Waals surface area contributed by atoms with E-state index in [2.05, 4.69) is 109 Å². The molecule has 37 heavy (non-hydrogen) atoms. The maximum Gasteiger partial charge on any atom is 0.0509 e. The van der Waals surface area contributed by atoms with Crippen LogP contribution in [0.2, 0.25) is 0 Å². The van der Waals surface area contributed by atoms with Gasteiger partial charge in [-0.3, -0.25) is 0 Å². The minimum Gasteiger partial charge on any atom is -0.396 e. The summed E-state index contributed by atoms with van der Waals surface area (Å²) in [5.74, 6) is 0. The molecule has 0 saturated carbocycles. The minimum atomic E-state index is -0.538. The van der Waals surface area contributed by atoms with Crippen LogP contribution < -0.4 is 0 Å². The molecule has 0 radical (unpaired) electrons. The van der Waals surface area contributed by atoms with Gasteiger partial charge in [0.15, 0.2) is 0 Å². The highest BCUT2D eigenvalue weighted by atomic mass is 16.3. The van der Waals surface area contributed by atoms with Gasteiger partial charge in [-0.2, -0.15) is 0 Å². The second kappa shape index (κ2) is 13.5. The van der Waals surface area contributed by atoms with Crippen LogP contribution in [0.15, 0.2) is 133 Å². The van der Waals surface area contributed by atoms with Gasteiger partial charge in [-0.15, -0.1) is 0 Å². The summed E-state index contributed by atoms with van der Waals surface area (Å²) >= 11 is 0. The molecule has 188 valence electrons. The Labute approximate surface area is 221 Å². The van der Waals surface area contributed by atoms with Crippen molar-refractivity contribution >= 4 is 11.1 Å². The van der Waals surface area contributed by atoms with E-state index in [1.807, 2.05) is 24.3 Å². The average Bonchev–Trinajstić information content (AvgIpc) is 2.98. The van der Waals surface area contributed by atoms with Gasteiger partial charge in [0.05, 0.1) is 13.2 Å². The molecule has 2 nitrogen and oxygen atoms in total. The summed E-state index contributed by atoms with van der Waals surface area (Å²) in [5.41, 5.74) is 6.51. The van der Waals surface area contributed by atoms with Gasteiger partial charge in [-0.25, -0.2) is 0 Å². The summed E-state index contributed by atoms with van der Waals surface area (Å²) in [5, 5.41) is 20.7. The van der Waals surface area contributed by atoms with E-state index in [0.717, 1.165) is 12.8 Å². The number of aliphatic hydroxyl groups excluding tert-OH is 2. The molecule has 4 rings (SSSR count). The standard InChI is InChI=1S/C35H36O2/c36-27-35(28-37,25-13-23-33(29-15-5-1-6-16-29)30-17-7-2-8-18-30)26-14-24-34(31-19-9-3-10-20-31)32-21-11-4-12-22-32/h1-12,15-24,36-37H,13-14,25-28H2. The first-order valence-corrected chi connectivity index (χ1v) is 13.1. The molecule has 0 spiro atoms. The van der Waals surface area contributed by atoms with E-state index in [-0.39, 0.29) is 13.2 Å². The predicted octanol–water partition coefficient (Wildman–Crippen LogP) is 7.78. The lowest BCUT2D eigenvalue weighted by Gasteiger charge is -2.29. The fraction of sp³-hybridized carbons (Fsp3) is 0.200. The monoisotopic (exact) mass is 488 g/mol. The van der Waals surface area contributed by atoms with Gasteiger partial charge in [0.2, 0.25) is 0 Å². The maximum absolute atomic E-state index is 10.4. The molecule has 2 heteroatoms. The van der Waals surface area contributed by atoms with Gasteiger partial charge in [-0.05, 0) is 59.1 Å². The van der Waals surface area contributed by atoms with Gasteiger partial charge in [-0.1, -0.05) is 133 Å². The molecule has 2 N–H and O–H groups in total. The number of benzene rings is 4. The summed E-state index contributed by atoms with van der Waals surface area (Å²) < 4.78 is 0. The molecular formula is C35H36O2. The van der Waals surface area contributed by atoms with Crippen LogP contribution >= 0.6 is 0 Å². The molecule has 0 aliphatic heterocycles. The third kappa shape index (κ3) is 7.16. The van der Waals surface area contributed by atoms with Gasteiger partial charge in [0, 0.05) is 5.41 Å². The minimum absolute atomic E-state index is 0.0385. The molecule has 0 bridgehead atoms. The fourth-order valence-corrected chi connectivity index (χ4v) is 4.81. The van der Waals surface area contributed by atoms with Crippen molar-refractivity contribution in [2.75, 3.05) is 13.2 Å². The first-order valence-electron chi connectivity index (χ1n) is 13.1. The maximum atomic E-state index is 10.4. The third-order valence-electron chi connectivity index (χ3n) is 7.06. The topological polar surface area (TPSA) is 40.5 Å². The van der Waals surface area contributed by atoms with Crippen molar-refractivity contribution in [2.45, 2.75) is 25.7 Å². The molecule has 0 heterocycles. The van der Waals surface area contributed by atoms with Crippen molar-refractivity contribution < 1.29 is 10.2 Å². The number of allylic oxidation sites excluding steroid dienone is 2. The van der Waals surface area contributed by atoms with E-state index in [0.29, 0.717) is 12.8 Å². The van der Waals surface area contributed by atoms with Gasteiger partial charge >= 0.3 is 0 Å². The van der Waals surface area contributed by atoms with Crippen molar-refractivity contribution in [2.24, 2.45) is 5.41 Å². The summed E-state index contributed by atoms with van der Waals surface area (Å²) in [4.78, 5) is 0. The van der Waals surface area contributed by atoms with Crippen molar-refractivity contribution in [3.63, 3.8) is 0 Å². The van der Waals surface area contributed by atoms with Crippen LogP contribution in [0.4, 0.5) is 0 Å². The lowest BCUT2D eigenvalue weighted by atomic mass is 9.79. The summed E-state index contributed by atoms with van der Waals surface area (Å²) in [6.07, 6.45) is 7.47. The lowest BCUT2D eigenvalue weighted by Crippen LogP contribution is -2.29. The molecule has 0 aromatic heterocycles. The Kier molecular flexibility index (Phi) is 9.65. The van der Waals surface area contributed by atoms with Crippen molar-refractivity contribution in [3.8, 4) is 0 Å². The first kappa shape index (κ1) is 26.3. The highest BCUT2D eigenvalue weighted by molar-refractivity contribution is 5.80. The van der Waals surface area contributed by atoms with Gasteiger partial charge in [0.1, 0.15) is 0 Å². The molecule has 0 aliphatic rings. The molecule has 0 atom stereocenters. The predicted molar refractivity (Wildman–Crippen MR) is 155 cm³/mol. The highest BCUT2D eigenvalue weighted by Crippen LogP contribution is 2.33. The Bertz CT molecular complexity index is 1070. The van der Waals surface area contributed by atoms with E-state index in [4.69, 9.17) is 0 Å². The summed E-state index contributed by atoms with van der Waals surface area (Å²) in [7, 11) is 0. The van der Waals surface area contributed by atoms with Gasteiger partial charge < -0.3 is 10.2 Å². The quantitative estimate of drug-likeness (QED) is 0.214. The second-order valence-corrected chi connectivity index (χ2v) is 9.59. The zero-order chi connectivity index (χ0) is 25.8. The molecule has 0 amide bonds. The van der Waals surface area contributed by atoms with Crippen LogP contribution in [-0.4, -0.2) is 23.4 Å². The Morgan fingerprint density at radius 3 is 0.973 bits per heavy atom. The van der Waals surface area contributed by atoms with Crippen molar-refractivity contribution in [1.29, 1.82) is 0 Å². The number of aliphatic hydroxyl groups is 2. The molecule has 0 unspecified atom stereocenters. The molecular weight excluding hydrogens is 452 g/mol. The second-order valence-electron chi connectivity index (χ2n) is 9.59. The first-order chi connectivity index (χ1) is 18.2. The van der Waals surface area contributed by atoms with E-state index >= 15 is 0 Å². The molecule has 0 fully saturated rings. The SMILES string of the molecule is OCC(CO)(CCC=C(c1ccccc1)c1ccccc1)CCC=C(c1ccccc1)c1ccccc1. The van der Waals surface area contributed by atoms with E-state index in [1.165, 1.54) is 33.4 Å². The van der Waals surface area contributed by atoms with Crippen LogP contribution in [0.1, 0.15) is 47.9 Å². The summed E-state index contributed by atoms with van der Waals surface area (Å²) in [6, 6.07) is 41.6. The zero-order valence-electron chi connectivity index (χ0n) is 21.3. The number of hydrogen-bond donors (Lipinski definition) is 2. The average molecular weight is 489 g/mol. The zero-order valence-corrected chi connectivity index (χ0v) is 21.3. The van der Waals surface area contributed by atoms with Crippen LogP contribution in [0.25, 0.3) is 11.1 Å². The van der Waals surface area contributed by atoms with E-state index in [1.54, 1.807) is 0 Å². The van der Waals surface area contributed by atoms with Crippen LogP contribution in [0.3, 0.4) is 0 Å². The Morgan fingerprint density at radius 2 is 0.730 bits per heavy atom. The molecule has 4 aromatic rings. The highest BCUT2D eigenvalue weighted by Gasteiger charge is 2.27. The van der Waals surface area contributed by atoms with Crippen molar-refractivity contribution in [3.05, 3.63) is 156 Å². The largest absolute Gasteiger partial charge is 0.396 e. The molecule has 0 aliphatic carbocycles.